The molecule has 0 bridgehead atoms. The number of amides is 1. The molecule has 4 heterocycles. The number of aryl methyl sites for hydroxylation is 1. The highest BCUT2D eigenvalue weighted by Gasteiger charge is 2.18. The molecule has 0 unspecified atom stereocenters. The van der Waals surface area contributed by atoms with Crippen molar-refractivity contribution < 1.29 is 14.3 Å². The molecule has 1 aliphatic heterocycles. The Balaban J connectivity index is 1.38. The molecule has 164 valence electrons. The van der Waals surface area contributed by atoms with Gasteiger partial charge in [-0.05, 0) is 24.6 Å². The van der Waals surface area contributed by atoms with Crippen molar-refractivity contribution >= 4 is 39.8 Å². The van der Waals surface area contributed by atoms with Gasteiger partial charge in [0.05, 0.1) is 5.75 Å². The average molecular weight is 472 g/mol. The Morgan fingerprint density at radius 2 is 2.12 bits per heavy atom. The summed E-state index contributed by atoms with van der Waals surface area (Å²) < 4.78 is 12.2. The number of nitrogens with one attached hydrogen (secondary N) is 2. The van der Waals surface area contributed by atoms with Gasteiger partial charge in [0.15, 0.2) is 28.1 Å². The molecular formula is C19H17N7O4S2. The van der Waals surface area contributed by atoms with Gasteiger partial charge in [-0.25, -0.2) is 14.5 Å². The number of thioether (sulfide) groups is 1. The zero-order valence-electron chi connectivity index (χ0n) is 16.8. The molecule has 0 radical (unpaired) electrons. The van der Waals surface area contributed by atoms with Crippen LogP contribution in [0.25, 0.3) is 17.0 Å². The molecule has 1 aromatic carbocycles. The van der Waals surface area contributed by atoms with E-state index in [0.717, 1.165) is 17.8 Å². The maximum Gasteiger partial charge on any atom is 0.266 e. The van der Waals surface area contributed by atoms with E-state index in [0.29, 0.717) is 38.8 Å². The van der Waals surface area contributed by atoms with Crippen molar-refractivity contribution in [3.8, 4) is 22.9 Å². The van der Waals surface area contributed by atoms with Gasteiger partial charge < -0.3 is 9.47 Å². The average Bonchev–Trinajstić information content (AvgIpc) is 3.50. The van der Waals surface area contributed by atoms with Crippen LogP contribution < -0.4 is 20.3 Å². The molecule has 4 aromatic rings. The molecule has 0 aliphatic carbocycles. The van der Waals surface area contributed by atoms with E-state index >= 15 is 0 Å². The van der Waals surface area contributed by atoms with Crippen molar-refractivity contribution in [2.24, 2.45) is 0 Å². The number of fused-ring (bicyclic) bond motifs is 2. The summed E-state index contributed by atoms with van der Waals surface area (Å²) in [5.41, 5.74) is 0.786. The van der Waals surface area contributed by atoms with Gasteiger partial charge in [-0.2, -0.15) is 0 Å². The normalized spacial score (nSPS) is 12.4. The summed E-state index contributed by atoms with van der Waals surface area (Å²) in [4.78, 5) is 33.3. The number of hydrogen-bond donors (Lipinski definition) is 2. The summed E-state index contributed by atoms with van der Waals surface area (Å²) >= 11 is 2.53. The lowest BCUT2D eigenvalue weighted by molar-refractivity contribution is -0.113. The fourth-order valence-corrected chi connectivity index (χ4v) is 4.66. The Morgan fingerprint density at radius 1 is 1.25 bits per heavy atom. The fraction of sp³-hybridized carbons (Fsp3) is 0.263. The summed E-state index contributed by atoms with van der Waals surface area (Å²) in [7, 11) is 0. The van der Waals surface area contributed by atoms with Gasteiger partial charge in [-0.15, -0.1) is 10.2 Å². The lowest BCUT2D eigenvalue weighted by atomic mass is 10.2. The Hall–Kier alpha value is -3.45. The first kappa shape index (κ1) is 20.5. The number of H-pyrrole nitrogens is 1. The molecule has 1 aliphatic rings. The second-order valence-electron chi connectivity index (χ2n) is 6.80. The molecule has 11 nitrogen and oxygen atoms in total. The first-order valence-electron chi connectivity index (χ1n) is 9.74. The quantitative estimate of drug-likeness (QED) is 0.389. The number of benzene rings is 1. The summed E-state index contributed by atoms with van der Waals surface area (Å²) in [6, 6.07) is 6.75. The number of carbonyl (C=O) groups excluding carboxylic acids is 1. The summed E-state index contributed by atoms with van der Waals surface area (Å²) in [6.45, 7) is 2.22. The Bertz CT molecular complexity index is 1360. The number of aromatic amines is 1. The first-order valence-corrected chi connectivity index (χ1v) is 11.5. The van der Waals surface area contributed by atoms with E-state index in [1.165, 1.54) is 33.7 Å². The van der Waals surface area contributed by atoms with Crippen molar-refractivity contribution in [2.45, 2.75) is 24.9 Å². The lowest BCUT2D eigenvalue weighted by Gasteiger charge is -2.08. The molecule has 5 rings (SSSR count). The van der Waals surface area contributed by atoms with E-state index < -0.39 is 0 Å². The van der Waals surface area contributed by atoms with Crippen LogP contribution in [0.15, 0.2) is 34.2 Å². The zero-order chi connectivity index (χ0) is 22.1. The standard InChI is InChI=1S/C19H17N7O4S2/c1-2-3-16-23-24-18(32-16)21-15(28)8-31-19-22-17(20-13-7-14(27)25-26(13)19)10-4-5-11-12(6-10)30-9-29-11/h4-7H,2-3,8-9H2,1H3,(H,25,27)(H,21,24,28). The Labute approximate surface area is 189 Å². The molecule has 0 atom stereocenters. The highest BCUT2D eigenvalue weighted by molar-refractivity contribution is 7.99. The van der Waals surface area contributed by atoms with E-state index in [9.17, 15) is 9.59 Å². The third kappa shape index (κ3) is 4.16. The molecular weight excluding hydrogens is 454 g/mol. The number of aromatic nitrogens is 6. The number of rotatable bonds is 7. The molecule has 0 fully saturated rings. The van der Waals surface area contributed by atoms with Crippen LogP contribution in [-0.2, 0) is 11.2 Å². The second-order valence-corrected chi connectivity index (χ2v) is 8.80. The molecule has 0 saturated heterocycles. The van der Waals surface area contributed by atoms with E-state index in [-0.39, 0.29) is 24.0 Å². The van der Waals surface area contributed by atoms with Crippen LogP contribution in [0, 0.1) is 0 Å². The first-order chi connectivity index (χ1) is 15.6. The van der Waals surface area contributed by atoms with Gasteiger partial charge in [0.1, 0.15) is 5.01 Å². The predicted molar refractivity (Wildman–Crippen MR) is 118 cm³/mol. The topological polar surface area (TPSA) is 136 Å². The maximum absolute atomic E-state index is 12.4. The van der Waals surface area contributed by atoms with Crippen LogP contribution in [0.2, 0.25) is 0 Å². The van der Waals surface area contributed by atoms with Gasteiger partial charge in [-0.1, -0.05) is 30.0 Å². The third-order valence-electron chi connectivity index (χ3n) is 4.46. The maximum atomic E-state index is 12.4. The molecule has 3 aromatic heterocycles. The number of ether oxygens (including phenoxy) is 2. The highest BCUT2D eigenvalue weighted by atomic mass is 32.2. The monoisotopic (exact) mass is 471 g/mol. The van der Waals surface area contributed by atoms with E-state index in [2.05, 4.69) is 37.5 Å². The minimum absolute atomic E-state index is 0.0651. The smallest absolute Gasteiger partial charge is 0.266 e. The number of anilines is 1. The molecule has 13 heteroatoms. The van der Waals surface area contributed by atoms with E-state index in [1.807, 2.05) is 6.07 Å². The van der Waals surface area contributed by atoms with Crippen molar-refractivity contribution in [1.29, 1.82) is 0 Å². The second kappa shape index (κ2) is 8.59. The molecule has 0 saturated carbocycles. The summed E-state index contributed by atoms with van der Waals surface area (Å²) in [6.07, 6.45) is 1.79. The van der Waals surface area contributed by atoms with Crippen molar-refractivity contribution in [1.82, 2.24) is 29.8 Å². The Morgan fingerprint density at radius 3 is 3.00 bits per heavy atom. The van der Waals surface area contributed by atoms with Crippen LogP contribution in [0.3, 0.4) is 0 Å². The van der Waals surface area contributed by atoms with Crippen LogP contribution in [0.1, 0.15) is 18.4 Å². The van der Waals surface area contributed by atoms with Crippen molar-refractivity contribution in [3.63, 3.8) is 0 Å². The third-order valence-corrected chi connectivity index (χ3v) is 6.30. The SMILES string of the molecule is CCCc1nnc(NC(=O)CSc2nc(-c3ccc4c(c3)OCO4)nc3cc(=O)[nH]n23)s1. The van der Waals surface area contributed by atoms with E-state index in [4.69, 9.17) is 9.47 Å². The van der Waals surface area contributed by atoms with Crippen molar-refractivity contribution in [3.05, 3.63) is 39.6 Å². The molecule has 0 spiro atoms. The molecule has 2 N–H and O–H groups in total. The van der Waals surface area contributed by atoms with Gasteiger partial charge in [0.25, 0.3) is 5.56 Å². The lowest BCUT2D eigenvalue weighted by Crippen LogP contribution is -2.15. The zero-order valence-corrected chi connectivity index (χ0v) is 18.5. The summed E-state index contributed by atoms with van der Waals surface area (Å²) in [5.74, 6) is 1.47. The van der Waals surface area contributed by atoms with Crippen LogP contribution in [0.4, 0.5) is 5.13 Å². The Kier molecular flexibility index (Phi) is 5.49. The van der Waals surface area contributed by atoms with Crippen molar-refractivity contribution in [2.75, 3.05) is 17.9 Å². The fourth-order valence-electron chi connectivity index (χ4n) is 3.05. The van der Waals surface area contributed by atoms with E-state index in [1.54, 1.807) is 12.1 Å². The molecule has 1 amide bonds. The van der Waals surface area contributed by atoms with Crippen LogP contribution in [0.5, 0.6) is 11.5 Å². The number of carbonyl (C=O) groups is 1. The van der Waals surface area contributed by atoms with Crippen LogP contribution >= 0.6 is 23.1 Å². The minimum atomic E-state index is -0.314. The largest absolute Gasteiger partial charge is 0.454 e. The van der Waals surface area contributed by atoms with Gasteiger partial charge in [0.2, 0.25) is 17.8 Å². The summed E-state index contributed by atoms with van der Waals surface area (Å²) in [5, 5.41) is 15.2. The van der Waals surface area contributed by atoms with Gasteiger partial charge in [0, 0.05) is 18.1 Å². The highest BCUT2D eigenvalue weighted by Crippen LogP contribution is 2.35. The molecule has 32 heavy (non-hydrogen) atoms. The van der Waals surface area contributed by atoms with Gasteiger partial charge >= 0.3 is 0 Å². The predicted octanol–water partition coefficient (Wildman–Crippen LogP) is 2.35. The number of nitrogens with zero attached hydrogens (tertiary/aromatic N) is 5. The minimum Gasteiger partial charge on any atom is -0.454 e. The van der Waals surface area contributed by atoms with Crippen LogP contribution in [-0.4, -0.2) is 48.2 Å². The van der Waals surface area contributed by atoms with Gasteiger partial charge in [-0.3, -0.25) is 20.0 Å². The number of hydrogen-bond acceptors (Lipinski definition) is 10.